The van der Waals surface area contributed by atoms with Gasteiger partial charge in [0.05, 0.1) is 11.4 Å². The van der Waals surface area contributed by atoms with Crippen molar-refractivity contribution in [2.24, 2.45) is 5.92 Å². The Labute approximate surface area is 174 Å². The van der Waals surface area contributed by atoms with Crippen LogP contribution < -0.4 is 5.56 Å². The maximum atomic E-state index is 12.7. The third kappa shape index (κ3) is 4.66. The number of benzene rings is 1. The zero-order valence-corrected chi connectivity index (χ0v) is 17.9. The van der Waals surface area contributed by atoms with Crippen LogP contribution in [0.5, 0.6) is 0 Å². The Hall–Kier alpha value is -2.70. The highest BCUT2D eigenvalue weighted by molar-refractivity contribution is 7.09. The maximum absolute atomic E-state index is 12.7. The van der Waals surface area contributed by atoms with Gasteiger partial charge in [-0.15, -0.1) is 11.3 Å². The molecule has 4 rings (SSSR count). The van der Waals surface area contributed by atoms with Gasteiger partial charge >= 0.3 is 0 Å². The van der Waals surface area contributed by atoms with Gasteiger partial charge in [-0.25, -0.2) is 9.50 Å². The summed E-state index contributed by atoms with van der Waals surface area (Å²) in [6.45, 7) is 8.98. The van der Waals surface area contributed by atoms with Crippen LogP contribution in [-0.2, 0) is 13.1 Å². The first kappa shape index (κ1) is 19.6. The number of hydrogen-bond acceptors (Lipinski definition) is 4. The molecule has 0 spiro atoms. The number of hydrogen-bond donors (Lipinski definition) is 1. The molecule has 0 radical (unpaired) electrons. The fourth-order valence-electron chi connectivity index (χ4n) is 3.64. The van der Waals surface area contributed by atoms with Gasteiger partial charge in [0.15, 0.2) is 5.65 Å². The van der Waals surface area contributed by atoms with Crippen LogP contribution in [0.1, 0.15) is 30.0 Å². The molecule has 0 fully saturated rings. The summed E-state index contributed by atoms with van der Waals surface area (Å²) in [5, 5.41) is 5.29. The summed E-state index contributed by atoms with van der Waals surface area (Å²) in [5.41, 5.74) is 4.51. The largest absolute Gasteiger partial charge is 0.292 e. The predicted octanol–water partition coefficient (Wildman–Crippen LogP) is 4.72. The second-order valence-corrected chi connectivity index (χ2v) is 8.99. The van der Waals surface area contributed by atoms with Crippen LogP contribution in [-0.4, -0.2) is 26.0 Å². The van der Waals surface area contributed by atoms with Crippen LogP contribution in [0.15, 0.2) is 58.7 Å². The van der Waals surface area contributed by atoms with Crippen LogP contribution >= 0.6 is 11.3 Å². The molecule has 3 aromatic heterocycles. The predicted molar refractivity (Wildman–Crippen MR) is 119 cm³/mol. The van der Waals surface area contributed by atoms with Gasteiger partial charge in [0.25, 0.3) is 5.56 Å². The van der Waals surface area contributed by atoms with Crippen LogP contribution in [0.4, 0.5) is 0 Å². The highest BCUT2D eigenvalue weighted by Gasteiger charge is 2.13. The van der Waals surface area contributed by atoms with Gasteiger partial charge in [0.1, 0.15) is 0 Å². The summed E-state index contributed by atoms with van der Waals surface area (Å²) in [7, 11) is 0. The van der Waals surface area contributed by atoms with Gasteiger partial charge in [-0.2, -0.15) is 0 Å². The highest BCUT2D eigenvalue weighted by atomic mass is 32.1. The molecule has 0 saturated heterocycles. The lowest BCUT2D eigenvalue weighted by molar-refractivity contribution is 0.227. The first-order valence-corrected chi connectivity index (χ1v) is 10.8. The van der Waals surface area contributed by atoms with Crippen molar-refractivity contribution in [2.45, 2.75) is 33.9 Å². The van der Waals surface area contributed by atoms with E-state index in [0.29, 0.717) is 18.1 Å². The monoisotopic (exact) mass is 406 g/mol. The second-order valence-electron chi connectivity index (χ2n) is 7.96. The van der Waals surface area contributed by atoms with Crippen molar-refractivity contribution < 1.29 is 0 Å². The van der Waals surface area contributed by atoms with E-state index < -0.39 is 0 Å². The van der Waals surface area contributed by atoms with Crippen LogP contribution in [0, 0.1) is 12.8 Å². The zero-order chi connectivity index (χ0) is 20.4. The topological polar surface area (TPSA) is 53.4 Å². The Kier molecular flexibility index (Phi) is 5.65. The minimum Gasteiger partial charge on any atom is -0.292 e. The average Bonchev–Trinajstić information content (AvgIpc) is 3.31. The normalized spacial score (nSPS) is 11.8. The van der Waals surface area contributed by atoms with Crippen molar-refractivity contribution in [3.05, 3.63) is 80.4 Å². The molecular weight excluding hydrogens is 380 g/mol. The summed E-state index contributed by atoms with van der Waals surface area (Å²) < 4.78 is 1.52. The number of aromatic amines is 1. The van der Waals surface area contributed by atoms with Gasteiger partial charge in [-0.1, -0.05) is 43.7 Å². The third-order valence-electron chi connectivity index (χ3n) is 4.80. The number of fused-ring (bicyclic) bond motifs is 1. The zero-order valence-electron chi connectivity index (χ0n) is 17.1. The van der Waals surface area contributed by atoms with Crippen molar-refractivity contribution in [2.75, 3.05) is 6.54 Å². The minimum atomic E-state index is -0.0791. The lowest BCUT2D eigenvalue weighted by atomic mass is 10.1. The molecule has 3 heterocycles. The van der Waals surface area contributed by atoms with Crippen molar-refractivity contribution in [1.82, 2.24) is 19.5 Å². The van der Waals surface area contributed by atoms with E-state index in [1.54, 1.807) is 17.4 Å². The molecule has 0 saturated carbocycles. The van der Waals surface area contributed by atoms with Crippen molar-refractivity contribution >= 4 is 17.0 Å². The first-order valence-electron chi connectivity index (χ1n) is 9.91. The van der Waals surface area contributed by atoms with E-state index in [4.69, 9.17) is 4.98 Å². The Morgan fingerprint density at radius 2 is 2.00 bits per heavy atom. The molecule has 29 heavy (non-hydrogen) atoms. The Balaban J connectivity index is 1.64. The molecule has 0 unspecified atom stereocenters. The Morgan fingerprint density at radius 1 is 1.14 bits per heavy atom. The van der Waals surface area contributed by atoms with Gasteiger partial charge in [-0.05, 0) is 35.9 Å². The van der Waals surface area contributed by atoms with E-state index in [9.17, 15) is 4.79 Å². The number of aromatic nitrogens is 3. The number of H-pyrrole nitrogens is 1. The molecule has 0 aliphatic carbocycles. The van der Waals surface area contributed by atoms with Crippen molar-refractivity contribution in [1.29, 1.82) is 0 Å². The number of nitrogens with one attached hydrogen (secondary N) is 1. The number of rotatable bonds is 7. The van der Waals surface area contributed by atoms with Crippen LogP contribution in [0.3, 0.4) is 0 Å². The van der Waals surface area contributed by atoms with E-state index in [1.165, 1.54) is 15.0 Å². The molecule has 0 bridgehead atoms. The van der Waals surface area contributed by atoms with Gasteiger partial charge in [-0.3, -0.25) is 14.8 Å². The van der Waals surface area contributed by atoms with Gasteiger partial charge < -0.3 is 0 Å². The van der Waals surface area contributed by atoms with E-state index in [-0.39, 0.29) is 5.56 Å². The molecule has 1 aromatic carbocycles. The molecule has 0 aliphatic heterocycles. The fraction of sp³-hybridized carbons (Fsp3) is 0.304. The van der Waals surface area contributed by atoms with Gasteiger partial charge in [0.2, 0.25) is 0 Å². The number of nitrogens with zero attached hydrogens (tertiary/aromatic N) is 3. The average molecular weight is 407 g/mol. The maximum Gasteiger partial charge on any atom is 0.272 e. The van der Waals surface area contributed by atoms with E-state index >= 15 is 0 Å². The van der Waals surface area contributed by atoms with Crippen molar-refractivity contribution in [3.63, 3.8) is 0 Å². The summed E-state index contributed by atoms with van der Waals surface area (Å²) in [6.07, 6.45) is 0. The molecule has 0 atom stereocenters. The quantitative estimate of drug-likeness (QED) is 0.483. The summed E-state index contributed by atoms with van der Waals surface area (Å²) in [6, 6.07) is 16.0. The molecule has 1 N–H and O–H groups in total. The smallest absolute Gasteiger partial charge is 0.272 e. The van der Waals surface area contributed by atoms with E-state index in [2.05, 4.69) is 60.4 Å². The number of thiophene rings is 1. The lowest BCUT2D eigenvalue weighted by Crippen LogP contribution is -2.28. The van der Waals surface area contributed by atoms with E-state index in [1.807, 2.05) is 18.2 Å². The van der Waals surface area contributed by atoms with E-state index in [0.717, 1.165) is 30.0 Å². The minimum absolute atomic E-state index is 0.0791. The molecule has 0 aliphatic rings. The summed E-state index contributed by atoms with van der Waals surface area (Å²) >= 11 is 1.76. The van der Waals surface area contributed by atoms with Crippen LogP contribution in [0.2, 0.25) is 0 Å². The Bertz CT molecular complexity index is 1160. The Morgan fingerprint density at radius 3 is 2.72 bits per heavy atom. The number of aryl methyl sites for hydroxylation is 1. The fourth-order valence-corrected chi connectivity index (χ4v) is 4.38. The summed E-state index contributed by atoms with van der Waals surface area (Å²) in [4.78, 5) is 21.2. The standard InChI is InChI=1S/C23H26N4OS/c1-16(2)13-26(15-20-8-5-9-29-20)14-19-11-23(28)27-22(24-19)12-21(25-27)18-7-4-6-17(3)10-18/h4-12,16,25H,13-15H2,1-3H3. The molecule has 5 nitrogen and oxygen atoms in total. The molecule has 4 aromatic rings. The van der Waals surface area contributed by atoms with Crippen LogP contribution in [0.25, 0.3) is 16.9 Å². The first-order chi connectivity index (χ1) is 14.0. The lowest BCUT2D eigenvalue weighted by Gasteiger charge is -2.23. The highest BCUT2D eigenvalue weighted by Crippen LogP contribution is 2.20. The molecule has 150 valence electrons. The second kappa shape index (κ2) is 8.35. The molecule has 0 amide bonds. The van der Waals surface area contributed by atoms with Gasteiger partial charge in [0, 0.05) is 36.6 Å². The van der Waals surface area contributed by atoms with Crippen molar-refractivity contribution in [3.8, 4) is 11.3 Å². The molecular formula is C23H26N4OS. The molecule has 6 heteroatoms. The SMILES string of the molecule is Cc1cccc(-c2cc3nc(CN(Cc4cccs4)CC(C)C)cc(=O)n3[nH]2)c1. The summed E-state index contributed by atoms with van der Waals surface area (Å²) in [5.74, 6) is 0.542. The third-order valence-corrected chi connectivity index (χ3v) is 5.66.